The number of amides is 1. The van der Waals surface area contributed by atoms with Crippen molar-refractivity contribution in [1.82, 2.24) is 34.4 Å². The van der Waals surface area contributed by atoms with Crippen LogP contribution < -0.4 is 21.3 Å². The summed E-state index contributed by atoms with van der Waals surface area (Å²) in [5.41, 5.74) is -0.466. The molecule has 1 fully saturated rings. The normalized spacial score (nSPS) is 19.3. The van der Waals surface area contributed by atoms with Crippen molar-refractivity contribution in [2.24, 2.45) is 0 Å². The summed E-state index contributed by atoms with van der Waals surface area (Å²) in [5.74, 6) is -0.216. The van der Waals surface area contributed by atoms with E-state index in [1.165, 1.54) is 24.9 Å². The van der Waals surface area contributed by atoms with Crippen LogP contribution in [-0.4, -0.2) is 77.2 Å². The molecule has 194 valence electrons. The third-order valence-corrected chi connectivity index (χ3v) is 5.58. The minimum Gasteiger partial charge on any atom is -0.475 e. The van der Waals surface area contributed by atoms with E-state index >= 15 is 0 Å². The summed E-state index contributed by atoms with van der Waals surface area (Å²) in [5, 5.41) is 30.5. The van der Waals surface area contributed by atoms with Gasteiger partial charge in [-0.15, -0.1) is 0 Å². The number of rotatable bonds is 10. The monoisotopic (exact) mass is 512 g/mol. The summed E-state index contributed by atoms with van der Waals surface area (Å²) < 4.78 is 13.7. The van der Waals surface area contributed by atoms with Crippen molar-refractivity contribution < 1.29 is 24.5 Å². The van der Waals surface area contributed by atoms with Crippen LogP contribution in [0.4, 0.5) is 0 Å². The van der Waals surface area contributed by atoms with E-state index in [1.807, 2.05) is 6.07 Å². The third-order valence-electron chi connectivity index (χ3n) is 5.58. The molecule has 0 spiro atoms. The Hall–Kier alpha value is -4.39. The molecule has 0 aliphatic carbocycles. The minimum atomic E-state index is -0.958. The molecule has 0 unspecified atom stereocenters. The molecule has 37 heavy (non-hydrogen) atoms. The van der Waals surface area contributed by atoms with Gasteiger partial charge in [-0.25, -0.2) is 14.8 Å². The number of fused-ring (bicyclic) bond motifs is 1. The molecule has 3 atom stereocenters. The highest BCUT2D eigenvalue weighted by atomic mass is 16.5. The van der Waals surface area contributed by atoms with Gasteiger partial charge in [0.15, 0.2) is 11.2 Å². The minimum absolute atomic E-state index is 0.0292. The molecule has 4 N–H and O–H groups in total. The first kappa shape index (κ1) is 25.7. The van der Waals surface area contributed by atoms with E-state index in [0.29, 0.717) is 17.7 Å². The Kier molecular flexibility index (Phi) is 8.03. The maximum absolute atomic E-state index is 12.3. The first-order valence-corrected chi connectivity index (χ1v) is 11.3. The fraction of sp³-hybridized carbons (Fsp3) is 0.409. The lowest BCUT2D eigenvalue weighted by Crippen LogP contribution is -2.33. The second-order valence-corrected chi connectivity index (χ2v) is 8.04. The van der Waals surface area contributed by atoms with Crippen LogP contribution in [0.25, 0.3) is 17.2 Å². The van der Waals surface area contributed by atoms with Crippen molar-refractivity contribution >= 4 is 23.1 Å². The molecule has 1 aliphatic rings. The summed E-state index contributed by atoms with van der Waals surface area (Å²) in [6, 6.07) is 1.98. The fourth-order valence-electron chi connectivity index (χ4n) is 3.73. The number of hydrogen-bond acceptors (Lipinski definition) is 11. The number of ether oxygens (including phenoxy) is 2. The molecule has 1 aliphatic heterocycles. The smallest absolute Gasteiger partial charge is 0.330 e. The fourth-order valence-corrected chi connectivity index (χ4v) is 3.73. The van der Waals surface area contributed by atoms with Gasteiger partial charge in [0.25, 0.3) is 5.56 Å². The number of carbonyl (C=O) groups excluding carboxylic acids is 1. The number of imidazole rings is 1. The van der Waals surface area contributed by atoms with Gasteiger partial charge in [0, 0.05) is 31.8 Å². The van der Waals surface area contributed by atoms with Gasteiger partial charge in [-0.3, -0.25) is 19.1 Å². The zero-order valence-corrected chi connectivity index (χ0v) is 19.5. The molecule has 0 aromatic carbocycles. The molecule has 3 aromatic rings. The molecule has 4 rings (SSSR count). The summed E-state index contributed by atoms with van der Waals surface area (Å²) in [6.07, 6.45) is 4.09. The van der Waals surface area contributed by atoms with Gasteiger partial charge < -0.3 is 29.6 Å². The number of H-pyrrole nitrogens is 1. The number of nitrogens with one attached hydrogen (secondary N) is 2. The molecule has 4 heterocycles. The average molecular weight is 512 g/mol. The van der Waals surface area contributed by atoms with Crippen LogP contribution in [0.2, 0.25) is 0 Å². The lowest BCUT2D eigenvalue weighted by atomic mass is 10.2. The van der Waals surface area contributed by atoms with Crippen LogP contribution >= 0.6 is 0 Å². The molecular weight excluding hydrogens is 488 g/mol. The second kappa shape index (κ2) is 11.6. The topological polar surface area (TPSA) is 210 Å². The molecule has 0 saturated carbocycles. The Balaban J connectivity index is 1.37. The van der Waals surface area contributed by atoms with E-state index < -0.39 is 42.2 Å². The average Bonchev–Trinajstić information content (AvgIpc) is 3.47. The Bertz CT molecular complexity index is 1450. The van der Waals surface area contributed by atoms with Gasteiger partial charge >= 0.3 is 5.69 Å². The summed E-state index contributed by atoms with van der Waals surface area (Å²) in [4.78, 5) is 51.3. The van der Waals surface area contributed by atoms with E-state index in [0.717, 1.165) is 10.6 Å². The van der Waals surface area contributed by atoms with Gasteiger partial charge in [0.1, 0.15) is 25.3 Å². The number of aliphatic hydroxyl groups is 2. The maximum Gasteiger partial charge on any atom is 0.330 e. The summed E-state index contributed by atoms with van der Waals surface area (Å²) >= 11 is 0. The van der Waals surface area contributed by atoms with Crippen LogP contribution in [0.1, 0.15) is 24.6 Å². The van der Waals surface area contributed by atoms with Crippen molar-refractivity contribution in [2.45, 2.75) is 37.8 Å². The molecule has 0 bridgehead atoms. The maximum atomic E-state index is 12.3. The lowest BCUT2D eigenvalue weighted by Gasteiger charge is -2.14. The number of aromatic nitrogens is 6. The lowest BCUT2D eigenvalue weighted by molar-refractivity contribution is -0.116. The molecule has 15 heteroatoms. The van der Waals surface area contributed by atoms with E-state index in [9.17, 15) is 24.6 Å². The molecular formula is C22H24N8O7. The summed E-state index contributed by atoms with van der Waals surface area (Å²) in [7, 11) is 0. The first-order valence-electron chi connectivity index (χ1n) is 11.3. The Labute approximate surface area is 208 Å². The number of hydrogen-bond donors (Lipinski definition) is 4. The molecule has 15 nitrogen and oxygen atoms in total. The zero-order valence-electron chi connectivity index (χ0n) is 19.5. The van der Waals surface area contributed by atoms with Crippen molar-refractivity contribution in [3.8, 4) is 11.9 Å². The SMILES string of the molecule is N#CCCOc1ncnc2c1ncn2CCNC(=O)/C=C/c1cn([C@H]2C[C@@H](O)[C@@H](CO)O2)c(=O)[nH]c1=O. The predicted molar refractivity (Wildman–Crippen MR) is 126 cm³/mol. The zero-order chi connectivity index (χ0) is 26.4. The third kappa shape index (κ3) is 5.89. The van der Waals surface area contributed by atoms with E-state index in [1.54, 1.807) is 4.57 Å². The van der Waals surface area contributed by atoms with Gasteiger partial charge in [0.2, 0.25) is 11.8 Å². The van der Waals surface area contributed by atoms with Crippen LogP contribution in [0.5, 0.6) is 5.88 Å². The standard InChI is InChI=1S/C22H24N8O7/c23-4-1-7-36-21-18-19(25-11-26-21)29(12-27-18)6-5-24-16(33)3-2-13-9-30(22(35)28-20(13)34)17-8-14(32)15(10-31)37-17/h2-3,9,11-12,14-15,17,31-32H,1,5-8,10H2,(H,24,33)(H,28,34,35)/b3-2+/t14-,15-,17-/m1/s1. The van der Waals surface area contributed by atoms with E-state index in [2.05, 4.69) is 25.3 Å². The number of aromatic amines is 1. The van der Waals surface area contributed by atoms with Crippen LogP contribution in [0.3, 0.4) is 0 Å². The highest BCUT2D eigenvalue weighted by Crippen LogP contribution is 2.27. The predicted octanol–water partition coefficient (Wildman–Crippen LogP) is -1.56. The number of nitriles is 1. The Morgan fingerprint density at radius 3 is 2.97 bits per heavy atom. The Morgan fingerprint density at radius 2 is 2.22 bits per heavy atom. The molecule has 3 aromatic heterocycles. The van der Waals surface area contributed by atoms with Gasteiger partial charge in [-0.05, 0) is 6.08 Å². The van der Waals surface area contributed by atoms with E-state index in [-0.39, 0.29) is 37.4 Å². The molecule has 1 amide bonds. The van der Waals surface area contributed by atoms with Crippen molar-refractivity contribution in [1.29, 1.82) is 5.26 Å². The van der Waals surface area contributed by atoms with Crippen molar-refractivity contribution in [2.75, 3.05) is 19.8 Å². The largest absolute Gasteiger partial charge is 0.475 e. The van der Waals surface area contributed by atoms with Crippen LogP contribution in [0.15, 0.2) is 34.5 Å². The summed E-state index contributed by atoms with van der Waals surface area (Å²) in [6.45, 7) is 0.317. The van der Waals surface area contributed by atoms with Crippen LogP contribution in [-0.2, 0) is 16.1 Å². The van der Waals surface area contributed by atoms with Gasteiger partial charge in [-0.1, -0.05) is 0 Å². The van der Waals surface area contributed by atoms with Crippen LogP contribution in [0, 0.1) is 11.3 Å². The number of aliphatic hydroxyl groups excluding tert-OH is 2. The van der Waals surface area contributed by atoms with Gasteiger partial charge in [0.05, 0.1) is 37.1 Å². The highest BCUT2D eigenvalue weighted by molar-refractivity contribution is 5.91. The number of carbonyl (C=O) groups is 1. The van der Waals surface area contributed by atoms with E-state index in [4.69, 9.17) is 14.7 Å². The Morgan fingerprint density at radius 1 is 1.38 bits per heavy atom. The first-order chi connectivity index (χ1) is 17.9. The molecule has 0 radical (unpaired) electrons. The van der Waals surface area contributed by atoms with Crippen molar-refractivity contribution in [3.05, 3.63) is 51.3 Å². The highest BCUT2D eigenvalue weighted by Gasteiger charge is 2.35. The second-order valence-electron chi connectivity index (χ2n) is 8.04. The van der Waals surface area contributed by atoms with Gasteiger partial charge in [-0.2, -0.15) is 10.2 Å². The quantitative estimate of drug-likeness (QED) is 0.180. The van der Waals surface area contributed by atoms with Crippen molar-refractivity contribution in [3.63, 3.8) is 0 Å². The number of nitrogens with zero attached hydrogens (tertiary/aromatic N) is 6. The molecule has 1 saturated heterocycles.